The number of ether oxygens (including phenoxy) is 2. The Hall–Kier alpha value is -3.13. The Kier molecular flexibility index (Phi) is 8.69. The van der Waals surface area contributed by atoms with Crippen molar-refractivity contribution in [3.8, 4) is 5.88 Å². The van der Waals surface area contributed by atoms with Gasteiger partial charge in [-0.15, -0.1) is 0 Å². The second-order valence-electron chi connectivity index (χ2n) is 8.48. The number of rotatable bonds is 13. The molecule has 0 saturated heterocycles. The number of carbonyl (C=O) groups is 1. The van der Waals surface area contributed by atoms with Crippen LogP contribution in [0, 0.1) is 0 Å². The lowest BCUT2D eigenvalue weighted by Crippen LogP contribution is -2.25. The van der Waals surface area contributed by atoms with E-state index in [4.69, 9.17) is 14.3 Å². The summed E-state index contributed by atoms with van der Waals surface area (Å²) in [5.74, 6) is -0.0970. The van der Waals surface area contributed by atoms with Gasteiger partial charge in [-0.3, -0.25) is 10.1 Å². The molecule has 1 fully saturated rings. The van der Waals surface area contributed by atoms with Crippen LogP contribution in [0.4, 0.5) is 5.13 Å². The van der Waals surface area contributed by atoms with Gasteiger partial charge in [0.15, 0.2) is 20.7 Å². The molecule has 2 aromatic heterocycles. The second-order valence-corrected chi connectivity index (χ2v) is 11.7. The molecule has 1 aliphatic rings. The third kappa shape index (κ3) is 6.80. The number of nitrogens with one attached hydrogen (secondary N) is 2. The molecular formula is C24H29N5O6S2. The van der Waals surface area contributed by atoms with Crippen LogP contribution in [0.3, 0.4) is 0 Å². The molecule has 2 heterocycles. The van der Waals surface area contributed by atoms with Crippen molar-refractivity contribution in [3.63, 3.8) is 0 Å². The van der Waals surface area contributed by atoms with E-state index >= 15 is 0 Å². The Morgan fingerprint density at radius 3 is 2.62 bits per heavy atom. The average Bonchev–Trinajstić information content (AvgIpc) is 3.66. The minimum atomic E-state index is -3.35. The maximum Gasteiger partial charge on any atom is 0.280 e. The lowest BCUT2D eigenvalue weighted by atomic mass is 10.1. The Labute approximate surface area is 219 Å². The van der Waals surface area contributed by atoms with E-state index in [-0.39, 0.29) is 22.5 Å². The number of benzene rings is 1. The monoisotopic (exact) mass is 547 g/mol. The van der Waals surface area contributed by atoms with Crippen LogP contribution in [0.1, 0.15) is 25.3 Å². The molecule has 0 radical (unpaired) electrons. The van der Waals surface area contributed by atoms with E-state index < -0.39 is 21.8 Å². The summed E-state index contributed by atoms with van der Waals surface area (Å²) in [5.41, 5.74) is 0.984. The molecule has 37 heavy (non-hydrogen) atoms. The first-order chi connectivity index (χ1) is 17.8. The first-order valence-corrected chi connectivity index (χ1v) is 14.1. The average molecular weight is 548 g/mol. The number of sulfone groups is 1. The molecule has 1 aliphatic carbocycles. The van der Waals surface area contributed by atoms with Gasteiger partial charge >= 0.3 is 0 Å². The molecule has 0 spiro atoms. The van der Waals surface area contributed by atoms with Crippen molar-refractivity contribution in [3.05, 3.63) is 42.0 Å². The van der Waals surface area contributed by atoms with Gasteiger partial charge in [0.1, 0.15) is 23.1 Å². The molecule has 1 saturated carbocycles. The van der Waals surface area contributed by atoms with E-state index in [9.17, 15) is 13.2 Å². The summed E-state index contributed by atoms with van der Waals surface area (Å²) in [7, 11) is 0.0196. The van der Waals surface area contributed by atoms with Crippen molar-refractivity contribution in [2.45, 2.75) is 36.0 Å². The van der Waals surface area contributed by atoms with E-state index in [0.29, 0.717) is 52.9 Å². The number of aromatic nitrogens is 2. The zero-order valence-corrected chi connectivity index (χ0v) is 22.4. The number of carbonyl (C=O) groups excluding carboxylic acids is 1. The molecule has 13 heteroatoms. The fraction of sp³-hybridized carbons (Fsp3) is 0.417. The summed E-state index contributed by atoms with van der Waals surface area (Å²) < 4.78 is 35.8. The van der Waals surface area contributed by atoms with Crippen molar-refractivity contribution in [2.24, 2.45) is 5.16 Å². The first-order valence-electron chi connectivity index (χ1n) is 11.7. The number of likely N-dealkylation sites (N-methyl/N-ethyl adjacent to an activating group) is 1. The van der Waals surface area contributed by atoms with Crippen molar-refractivity contribution < 1.29 is 27.5 Å². The molecule has 198 valence electrons. The van der Waals surface area contributed by atoms with E-state index in [0.717, 1.165) is 0 Å². The second kappa shape index (κ2) is 11.9. The SMILES string of the molecule is CNCCOc1ccc2nc(NC(=O)/C(=N/O[C@H](C)COC)c3ccc(S(=O)(=O)C4CC4)cc3)sc2n1. The van der Waals surface area contributed by atoms with Gasteiger partial charge in [0, 0.05) is 25.3 Å². The minimum Gasteiger partial charge on any atom is -0.476 e. The van der Waals surface area contributed by atoms with Crippen molar-refractivity contribution >= 4 is 48.3 Å². The molecule has 1 atom stereocenters. The fourth-order valence-electron chi connectivity index (χ4n) is 3.35. The fourth-order valence-corrected chi connectivity index (χ4v) is 5.84. The third-order valence-corrected chi connectivity index (χ3v) is 8.57. The number of oxime groups is 1. The number of methoxy groups -OCH3 is 1. The maximum absolute atomic E-state index is 13.2. The summed E-state index contributed by atoms with van der Waals surface area (Å²) in [6.45, 7) is 3.19. The van der Waals surface area contributed by atoms with Crippen LogP contribution in [0.15, 0.2) is 46.4 Å². The van der Waals surface area contributed by atoms with Crippen LogP contribution in [-0.2, 0) is 24.2 Å². The van der Waals surface area contributed by atoms with Crippen LogP contribution >= 0.6 is 11.3 Å². The van der Waals surface area contributed by atoms with Crippen molar-refractivity contribution in [1.82, 2.24) is 15.3 Å². The Balaban J connectivity index is 1.55. The Morgan fingerprint density at radius 2 is 1.95 bits per heavy atom. The zero-order valence-electron chi connectivity index (χ0n) is 20.8. The maximum atomic E-state index is 13.2. The number of thiazole rings is 1. The van der Waals surface area contributed by atoms with Crippen molar-refractivity contribution in [1.29, 1.82) is 0 Å². The van der Waals surface area contributed by atoms with Gasteiger partial charge in [-0.25, -0.2) is 18.4 Å². The smallest absolute Gasteiger partial charge is 0.280 e. The Morgan fingerprint density at radius 1 is 1.19 bits per heavy atom. The summed E-state index contributed by atoms with van der Waals surface area (Å²) in [4.78, 5) is 28.4. The number of pyridine rings is 1. The number of amides is 1. The van der Waals surface area contributed by atoms with Gasteiger partial charge in [-0.2, -0.15) is 0 Å². The van der Waals surface area contributed by atoms with E-state index in [1.807, 2.05) is 7.05 Å². The number of hydrogen-bond donors (Lipinski definition) is 2. The van der Waals surface area contributed by atoms with Crippen LogP contribution in [0.5, 0.6) is 5.88 Å². The van der Waals surface area contributed by atoms with Gasteiger partial charge in [-0.05, 0) is 45.0 Å². The van der Waals surface area contributed by atoms with Crippen LogP contribution in [0.25, 0.3) is 10.3 Å². The van der Waals surface area contributed by atoms with Gasteiger partial charge in [-0.1, -0.05) is 28.6 Å². The summed E-state index contributed by atoms with van der Waals surface area (Å²) in [6, 6.07) is 9.56. The highest BCUT2D eigenvalue weighted by atomic mass is 32.2. The molecule has 1 amide bonds. The number of fused-ring (bicyclic) bond motifs is 1. The molecule has 0 aliphatic heterocycles. The van der Waals surface area contributed by atoms with E-state index in [1.165, 1.54) is 30.6 Å². The standard InChI is InChI=1S/C24H29N5O6S2/c1-15(14-33-3)35-29-21(16-4-6-17(7-5-16)37(31,32)18-8-9-18)22(30)28-24-26-19-10-11-20(27-23(19)36-24)34-13-12-25-2/h4-7,10-11,15,18,25H,8-9,12-14H2,1-3H3,(H,26,28,30)/b29-21+/t15-/m1/s1. The molecule has 1 aromatic carbocycles. The van der Waals surface area contributed by atoms with Gasteiger partial charge in [0.05, 0.1) is 16.8 Å². The molecule has 4 rings (SSSR count). The minimum absolute atomic E-state index is 0.0263. The lowest BCUT2D eigenvalue weighted by molar-refractivity contribution is -0.110. The molecule has 2 N–H and O–H groups in total. The molecular weight excluding hydrogens is 518 g/mol. The quantitative estimate of drug-likeness (QED) is 0.188. The zero-order chi connectivity index (χ0) is 26.4. The van der Waals surface area contributed by atoms with Gasteiger partial charge < -0.3 is 19.6 Å². The van der Waals surface area contributed by atoms with Crippen LogP contribution < -0.4 is 15.4 Å². The highest BCUT2D eigenvalue weighted by Crippen LogP contribution is 2.33. The van der Waals surface area contributed by atoms with Gasteiger partial charge in [0.25, 0.3) is 5.91 Å². The van der Waals surface area contributed by atoms with E-state index in [1.54, 1.807) is 31.2 Å². The predicted octanol–water partition coefficient (Wildman–Crippen LogP) is 2.62. The molecule has 0 bridgehead atoms. The summed E-state index contributed by atoms with van der Waals surface area (Å²) >= 11 is 1.20. The highest BCUT2D eigenvalue weighted by Gasteiger charge is 2.36. The topological polar surface area (TPSA) is 141 Å². The predicted molar refractivity (Wildman–Crippen MR) is 141 cm³/mol. The Bertz CT molecular complexity index is 1370. The summed E-state index contributed by atoms with van der Waals surface area (Å²) in [6.07, 6.45) is 0.936. The molecule has 3 aromatic rings. The lowest BCUT2D eigenvalue weighted by Gasteiger charge is -2.11. The van der Waals surface area contributed by atoms with E-state index in [2.05, 4.69) is 25.8 Å². The van der Waals surface area contributed by atoms with Crippen molar-refractivity contribution in [2.75, 3.05) is 39.2 Å². The summed E-state index contributed by atoms with van der Waals surface area (Å²) in [5, 5.41) is 9.82. The first kappa shape index (κ1) is 26.9. The number of anilines is 1. The van der Waals surface area contributed by atoms with Crippen LogP contribution in [0.2, 0.25) is 0 Å². The largest absolute Gasteiger partial charge is 0.476 e. The number of hydrogen-bond acceptors (Lipinski definition) is 11. The number of nitrogens with zero attached hydrogens (tertiary/aromatic N) is 3. The third-order valence-electron chi connectivity index (χ3n) is 5.41. The molecule has 0 unspecified atom stereocenters. The highest BCUT2D eigenvalue weighted by molar-refractivity contribution is 7.92. The molecule has 11 nitrogen and oxygen atoms in total. The van der Waals surface area contributed by atoms with Crippen LogP contribution in [-0.4, -0.2) is 75.3 Å². The van der Waals surface area contributed by atoms with Gasteiger partial charge in [0.2, 0.25) is 5.88 Å². The normalized spacial score (nSPS) is 14.9.